The fourth-order valence-corrected chi connectivity index (χ4v) is 2.10. The number of hydrogen-bond donors (Lipinski definition) is 1. The van der Waals surface area contributed by atoms with Crippen molar-refractivity contribution in [1.29, 1.82) is 0 Å². The van der Waals surface area contributed by atoms with Crippen LogP contribution in [0.3, 0.4) is 0 Å². The number of alkyl halides is 1. The highest BCUT2D eigenvalue weighted by Gasteiger charge is 2.09. The first kappa shape index (κ1) is 14.5. The van der Waals surface area contributed by atoms with E-state index in [9.17, 15) is 4.79 Å². The van der Waals surface area contributed by atoms with E-state index >= 15 is 0 Å². The Bertz CT molecular complexity index is 382. The summed E-state index contributed by atoms with van der Waals surface area (Å²) in [7, 11) is 0. The highest BCUT2D eigenvalue weighted by Crippen LogP contribution is 2.19. The Morgan fingerprint density at radius 2 is 2.12 bits per heavy atom. The number of carbonyl (C=O) groups excluding carboxylic acids is 1. The van der Waals surface area contributed by atoms with Crippen LogP contribution in [0.4, 0.5) is 0 Å². The molecule has 0 saturated carbocycles. The first-order valence-corrected chi connectivity index (χ1v) is 7.09. The molecule has 0 spiro atoms. The second kappa shape index (κ2) is 7.72. The lowest BCUT2D eigenvalue weighted by molar-refractivity contribution is 0.0952. The van der Waals surface area contributed by atoms with E-state index in [0.717, 1.165) is 34.9 Å². The number of benzene rings is 1. The van der Waals surface area contributed by atoms with Crippen LogP contribution in [0.5, 0.6) is 0 Å². The van der Waals surface area contributed by atoms with E-state index in [0.29, 0.717) is 12.4 Å². The number of halogens is 2. The average Bonchev–Trinajstić information content (AvgIpc) is 2.32. The average molecular weight is 319 g/mol. The summed E-state index contributed by atoms with van der Waals surface area (Å²) in [5, 5.41) is 2.92. The molecule has 2 nitrogen and oxygen atoms in total. The van der Waals surface area contributed by atoms with Crippen LogP contribution in [0.25, 0.3) is 0 Å². The van der Waals surface area contributed by atoms with Gasteiger partial charge < -0.3 is 5.32 Å². The Morgan fingerprint density at radius 3 is 2.82 bits per heavy atom. The first-order chi connectivity index (χ1) is 8.16. The zero-order chi connectivity index (χ0) is 12.7. The Hall–Kier alpha value is -0.540. The lowest BCUT2D eigenvalue weighted by Gasteiger charge is -2.08. The van der Waals surface area contributed by atoms with Crippen molar-refractivity contribution in [1.82, 2.24) is 5.32 Å². The molecule has 1 amide bonds. The molecule has 1 rings (SSSR count). The van der Waals surface area contributed by atoms with Gasteiger partial charge in [0.15, 0.2) is 0 Å². The molecule has 0 aromatic heterocycles. The van der Waals surface area contributed by atoms with E-state index in [1.54, 1.807) is 0 Å². The second-order valence-corrected chi connectivity index (χ2v) is 5.15. The van der Waals surface area contributed by atoms with E-state index in [1.807, 2.05) is 25.1 Å². The van der Waals surface area contributed by atoms with Crippen LogP contribution in [0.1, 0.15) is 35.2 Å². The van der Waals surface area contributed by atoms with Crippen molar-refractivity contribution in [2.75, 3.05) is 12.4 Å². The van der Waals surface area contributed by atoms with Crippen LogP contribution >= 0.6 is 27.5 Å². The van der Waals surface area contributed by atoms with Crippen molar-refractivity contribution in [3.05, 3.63) is 33.8 Å². The van der Waals surface area contributed by atoms with Crippen LogP contribution in [-0.2, 0) is 0 Å². The van der Waals surface area contributed by atoms with Gasteiger partial charge in [0, 0.05) is 22.5 Å². The summed E-state index contributed by atoms with van der Waals surface area (Å²) in [6.07, 6.45) is 3.04. The van der Waals surface area contributed by atoms with Gasteiger partial charge in [0.25, 0.3) is 5.91 Å². The third kappa shape index (κ3) is 4.68. The highest BCUT2D eigenvalue weighted by atomic mass is 79.9. The van der Waals surface area contributed by atoms with Gasteiger partial charge in [0.2, 0.25) is 0 Å². The summed E-state index contributed by atoms with van der Waals surface area (Å²) >= 11 is 9.01. The van der Waals surface area contributed by atoms with E-state index in [1.165, 1.54) is 0 Å². The van der Waals surface area contributed by atoms with E-state index in [4.69, 9.17) is 11.6 Å². The summed E-state index contributed by atoms with van der Waals surface area (Å²) < 4.78 is 0.965. The molecule has 0 aliphatic carbocycles. The predicted octanol–water partition coefficient (Wildman–Crippen LogP) is 3.90. The Kier molecular flexibility index (Phi) is 6.60. The summed E-state index contributed by atoms with van der Waals surface area (Å²) in [6, 6.07) is 5.65. The summed E-state index contributed by atoms with van der Waals surface area (Å²) in [6.45, 7) is 2.65. The maximum Gasteiger partial charge on any atom is 0.251 e. The minimum Gasteiger partial charge on any atom is -0.352 e. The smallest absolute Gasteiger partial charge is 0.251 e. The quantitative estimate of drug-likeness (QED) is 0.625. The van der Waals surface area contributed by atoms with Gasteiger partial charge in [-0.25, -0.2) is 0 Å². The van der Waals surface area contributed by atoms with Crippen LogP contribution in [-0.4, -0.2) is 18.3 Å². The van der Waals surface area contributed by atoms with Gasteiger partial charge in [-0.3, -0.25) is 4.79 Å². The first-order valence-electron chi connectivity index (χ1n) is 5.76. The van der Waals surface area contributed by atoms with Gasteiger partial charge in [-0.1, -0.05) is 28.4 Å². The standard InChI is InChI=1S/C13H17BrClNO/c1-10-11(6-5-7-12(10)14)13(17)16-9-4-2-3-8-15/h5-7H,2-4,8-9H2,1H3,(H,16,17). The molecule has 0 atom stereocenters. The maximum atomic E-state index is 11.9. The van der Waals surface area contributed by atoms with Gasteiger partial charge in [0.1, 0.15) is 0 Å². The molecular weight excluding hydrogens is 302 g/mol. The molecule has 1 N–H and O–H groups in total. The molecule has 0 saturated heterocycles. The van der Waals surface area contributed by atoms with Gasteiger partial charge in [0.05, 0.1) is 0 Å². The van der Waals surface area contributed by atoms with Crippen molar-refractivity contribution >= 4 is 33.4 Å². The molecule has 0 fully saturated rings. The SMILES string of the molecule is Cc1c(Br)cccc1C(=O)NCCCCCCl. The molecule has 0 radical (unpaired) electrons. The van der Waals surface area contributed by atoms with Crippen molar-refractivity contribution in [2.45, 2.75) is 26.2 Å². The number of nitrogens with one attached hydrogen (secondary N) is 1. The van der Waals surface area contributed by atoms with Crippen molar-refractivity contribution in [2.24, 2.45) is 0 Å². The highest BCUT2D eigenvalue weighted by molar-refractivity contribution is 9.10. The Morgan fingerprint density at radius 1 is 1.35 bits per heavy atom. The minimum absolute atomic E-state index is 0.00493. The molecule has 4 heteroatoms. The van der Waals surface area contributed by atoms with Crippen LogP contribution in [0.2, 0.25) is 0 Å². The Balaban J connectivity index is 2.44. The normalized spacial score (nSPS) is 10.3. The van der Waals surface area contributed by atoms with Gasteiger partial charge in [-0.2, -0.15) is 0 Å². The van der Waals surface area contributed by atoms with Crippen molar-refractivity contribution < 1.29 is 4.79 Å². The van der Waals surface area contributed by atoms with E-state index in [2.05, 4.69) is 21.2 Å². The molecule has 0 aliphatic heterocycles. The molecule has 1 aromatic rings. The zero-order valence-corrected chi connectivity index (χ0v) is 12.3. The minimum atomic E-state index is -0.00493. The molecule has 17 heavy (non-hydrogen) atoms. The number of unbranched alkanes of at least 4 members (excludes halogenated alkanes) is 2. The third-order valence-corrected chi connectivity index (χ3v) is 3.73. The second-order valence-electron chi connectivity index (χ2n) is 3.92. The molecule has 94 valence electrons. The number of amides is 1. The van der Waals surface area contributed by atoms with Gasteiger partial charge >= 0.3 is 0 Å². The van der Waals surface area contributed by atoms with E-state index < -0.39 is 0 Å². The van der Waals surface area contributed by atoms with Gasteiger partial charge in [-0.15, -0.1) is 11.6 Å². The summed E-state index contributed by atoms with van der Waals surface area (Å²) in [5.41, 5.74) is 1.71. The maximum absolute atomic E-state index is 11.9. The number of rotatable bonds is 6. The topological polar surface area (TPSA) is 29.1 Å². The fourth-order valence-electron chi connectivity index (χ4n) is 1.55. The lowest BCUT2D eigenvalue weighted by atomic mass is 10.1. The zero-order valence-electron chi connectivity index (χ0n) is 9.93. The largest absolute Gasteiger partial charge is 0.352 e. The summed E-state index contributed by atoms with van der Waals surface area (Å²) in [4.78, 5) is 11.9. The molecule has 0 bridgehead atoms. The van der Waals surface area contributed by atoms with Crippen molar-refractivity contribution in [3.63, 3.8) is 0 Å². The van der Waals surface area contributed by atoms with Crippen LogP contribution in [0, 0.1) is 6.92 Å². The summed E-state index contributed by atoms with van der Waals surface area (Å²) in [5.74, 6) is 0.688. The lowest BCUT2D eigenvalue weighted by Crippen LogP contribution is -2.25. The van der Waals surface area contributed by atoms with E-state index in [-0.39, 0.29) is 5.91 Å². The molecule has 0 heterocycles. The Labute approximate surface area is 116 Å². The van der Waals surface area contributed by atoms with Crippen LogP contribution in [0.15, 0.2) is 22.7 Å². The fraction of sp³-hybridized carbons (Fsp3) is 0.462. The molecular formula is C13H17BrClNO. The number of carbonyl (C=O) groups is 1. The predicted molar refractivity (Wildman–Crippen MR) is 75.8 cm³/mol. The van der Waals surface area contributed by atoms with Crippen LogP contribution < -0.4 is 5.32 Å². The monoisotopic (exact) mass is 317 g/mol. The van der Waals surface area contributed by atoms with Crippen molar-refractivity contribution in [3.8, 4) is 0 Å². The molecule has 0 aliphatic rings. The number of hydrogen-bond acceptors (Lipinski definition) is 1. The third-order valence-electron chi connectivity index (χ3n) is 2.61. The molecule has 0 unspecified atom stereocenters. The van der Waals surface area contributed by atoms with Gasteiger partial charge in [-0.05, 0) is 37.5 Å². The molecule has 1 aromatic carbocycles.